The normalized spacial score (nSPS) is 11.7. The summed E-state index contributed by atoms with van der Waals surface area (Å²) >= 11 is 0. The van der Waals surface area contributed by atoms with Crippen molar-refractivity contribution in [1.82, 2.24) is 0 Å². The second-order valence-electron chi connectivity index (χ2n) is 3.86. The lowest BCUT2D eigenvalue weighted by Crippen LogP contribution is -2.26. The van der Waals surface area contributed by atoms with Crippen LogP contribution in [-0.2, 0) is 9.53 Å². The minimum atomic E-state index is -0.531. The number of nitrogen functional groups attached to an aromatic ring is 1. The van der Waals surface area contributed by atoms with Crippen LogP contribution in [0, 0.1) is 5.92 Å². The largest absolute Gasteiger partial charge is 0.492 e. The van der Waals surface area contributed by atoms with E-state index >= 15 is 0 Å². The van der Waals surface area contributed by atoms with E-state index in [4.69, 9.17) is 16.2 Å². The number of rotatable bonds is 5. The van der Waals surface area contributed by atoms with Gasteiger partial charge in [-0.3, -0.25) is 4.79 Å². The van der Waals surface area contributed by atoms with E-state index in [1.54, 1.807) is 13.0 Å². The minimum absolute atomic E-state index is 0.0722. The van der Waals surface area contributed by atoms with Gasteiger partial charge in [0.15, 0.2) is 0 Å². The Kier molecular flexibility index (Phi) is 4.53. The summed E-state index contributed by atoms with van der Waals surface area (Å²) in [5, 5.41) is 0. The second kappa shape index (κ2) is 5.90. The molecular formula is C12H16N2O4. The predicted octanol–water partition coefficient (Wildman–Crippen LogP) is 0.556. The summed E-state index contributed by atoms with van der Waals surface area (Å²) in [7, 11) is 1.27. The first-order chi connectivity index (χ1) is 8.45. The van der Waals surface area contributed by atoms with Crippen LogP contribution in [0.2, 0.25) is 0 Å². The van der Waals surface area contributed by atoms with Crippen molar-refractivity contribution in [2.45, 2.75) is 6.92 Å². The molecule has 0 spiro atoms. The molecule has 0 fully saturated rings. The molecular weight excluding hydrogens is 236 g/mol. The third-order valence-corrected chi connectivity index (χ3v) is 2.39. The summed E-state index contributed by atoms with van der Waals surface area (Å²) < 4.78 is 10.0. The Labute approximate surface area is 105 Å². The van der Waals surface area contributed by atoms with E-state index in [0.717, 1.165) is 0 Å². The molecule has 98 valence electrons. The molecule has 6 nitrogen and oxygen atoms in total. The molecule has 18 heavy (non-hydrogen) atoms. The monoisotopic (exact) mass is 252 g/mol. The van der Waals surface area contributed by atoms with Crippen LogP contribution in [-0.4, -0.2) is 25.6 Å². The molecule has 1 amide bonds. The maximum absolute atomic E-state index is 11.5. The van der Waals surface area contributed by atoms with Crippen molar-refractivity contribution in [3.63, 3.8) is 0 Å². The summed E-state index contributed by atoms with van der Waals surface area (Å²) in [5.41, 5.74) is 11.4. The number of benzene rings is 1. The highest BCUT2D eigenvalue weighted by molar-refractivity contribution is 5.93. The number of hydrogen-bond acceptors (Lipinski definition) is 5. The van der Waals surface area contributed by atoms with Crippen LogP contribution in [0.25, 0.3) is 0 Å². The van der Waals surface area contributed by atoms with Gasteiger partial charge < -0.3 is 20.9 Å². The van der Waals surface area contributed by atoms with Crippen LogP contribution in [0.15, 0.2) is 18.2 Å². The second-order valence-corrected chi connectivity index (χ2v) is 3.86. The Morgan fingerprint density at radius 2 is 2.06 bits per heavy atom. The summed E-state index contributed by atoms with van der Waals surface area (Å²) in [6.45, 7) is 1.70. The van der Waals surface area contributed by atoms with Crippen LogP contribution in [0.3, 0.4) is 0 Å². The SMILES string of the molecule is COC(=O)c1ccc(N)cc1OCC(C)C(N)=O. The van der Waals surface area contributed by atoms with Crippen LogP contribution >= 0.6 is 0 Å². The van der Waals surface area contributed by atoms with Crippen molar-refractivity contribution in [1.29, 1.82) is 0 Å². The molecule has 1 atom stereocenters. The fraction of sp³-hybridized carbons (Fsp3) is 0.333. The van der Waals surface area contributed by atoms with Crippen molar-refractivity contribution in [2.75, 3.05) is 19.5 Å². The predicted molar refractivity (Wildman–Crippen MR) is 66.0 cm³/mol. The van der Waals surface area contributed by atoms with Gasteiger partial charge in [0.1, 0.15) is 11.3 Å². The van der Waals surface area contributed by atoms with Crippen molar-refractivity contribution in [3.05, 3.63) is 23.8 Å². The first-order valence-electron chi connectivity index (χ1n) is 5.35. The van der Waals surface area contributed by atoms with Crippen molar-refractivity contribution in [3.8, 4) is 5.75 Å². The number of primary amides is 1. The Balaban J connectivity index is 2.89. The first-order valence-corrected chi connectivity index (χ1v) is 5.35. The lowest BCUT2D eigenvalue weighted by molar-refractivity contribution is -0.122. The fourth-order valence-electron chi connectivity index (χ4n) is 1.23. The van der Waals surface area contributed by atoms with Crippen molar-refractivity contribution >= 4 is 17.6 Å². The van der Waals surface area contributed by atoms with E-state index in [-0.39, 0.29) is 17.9 Å². The minimum Gasteiger partial charge on any atom is -0.492 e. The zero-order valence-corrected chi connectivity index (χ0v) is 10.3. The van der Waals surface area contributed by atoms with E-state index < -0.39 is 17.8 Å². The first kappa shape index (κ1) is 13.8. The summed E-state index contributed by atoms with van der Waals surface area (Å²) in [6.07, 6.45) is 0. The molecule has 0 saturated carbocycles. The zero-order chi connectivity index (χ0) is 13.7. The van der Waals surface area contributed by atoms with Gasteiger partial charge in [0.25, 0.3) is 0 Å². The van der Waals surface area contributed by atoms with Gasteiger partial charge in [0.2, 0.25) is 5.91 Å². The maximum Gasteiger partial charge on any atom is 0.341 e. The molecule has 1 unspecified atom stereocenters. The van der Waals surface area contributed by atoms with Crippen LogP contribution in [0.1, 0.15) is 17.3 Å². The number of carbonyl (C=O) groups excluding carboxylic acids is 2. The van der Waals surface area contributed by atoms with Gasteiger partial charge >= 0.3 is 5.97 Å². The van der Waals surface area contributed by atoms with Gasteiger partial charge in [-0.15, -0.1) is 0 Å². The van der Waals surface area contributed by atoms with Gasteiger partial charge in [-0.2, -0.15) is 0 Å². The lowest BCUT2D eigenvalue weighted by Gasteiger charge is -2.13. The van der Waals surface area contributed by atoms with Crippen LogP contribution < -0.4 is 16.2 Å². The number of anilines is 1. The Bertz CT molecular complexity index is 459. The smallest absolute Gasteiger partial charge is 0.341 e. The highest BCUT2D eigenvalue weighted by atomic mass is 16.5. The van der Waals surface area contributed by atoms with E-state index in [9.17, 15) is 9.59 Å². The Morgan fingerprint density at radius 1 is 1.39 bits per heavy atom. The molecule has 0 aromatic heterocycles. The Hall–Kier alpha value is -2.24. The molecule has 0 aliphatic carbocycles. The van der Waals surface area contributed by atoms with E-state index in [1.807, 2.05) is 0 Å². The van der Waals surface area contributed by atoms with Gasteiger partial charge in [-0.1, -0.05) is 6.92 Å². The molecule has 0 radical (unpaired) electrons. The lowest BCUT2D eigenvalue weighted by atomic mass is 10.1. The van der Waals surface area contributed by atoms with E-state index in [2.05, 4.69) is 4.74 Å². The molecule has 1 rings (SSSR count). The average Bonchev–Trinajstić information content (AvgIpc) is 2.34. The highest BCUT2D eigenvalue weighted by Gasteiger charge is 2.16. The molecule has 0 aliphatic rings. The van der Waals surface area contributed by atoms with Crippen molar-refractivity contribution < 1.29 is 19.1 Å². The zero-order valence-electron chi connectivity index (χ0n) is 10.3. The molecule has 0 saturated heterocycles. The number of amides is 1. The molecule has 1 aromatic carbocycles. The van der Waals surface area contributed by atoms with Crippen molar-refractivity contribution in [2.24, 2.45) is 11.7 Å². The summed E-state index contributed by atoms with van der Waals surface area (Å²) in [4.78, 5) is 22.4. The van der Waals surface area contributed by atoms with Crippen LogP contribution in [0.5, 0.6) is 5.75 Å². The third-order valence-electron chi connectivity index (χ3n) is 2.39. The highest BCUT2D eigenvalue weighted by Crippen LogP contribution is 2.23. The average molecular weight is 252 g/mol. The molecule has 4 N–H and O–H groups in total. The van der Waals surface area contributed by atoms with Crippen LogP contribution in [0.4, 0.5) is 5.69 Å². The Morgan fingerprint density at radius 3 is 2.61 bits per heavy atom. The molecule has 1 aromatic rings. The maximum atomic E-state index is 11.5. The molecule has 0 bridgehead atoms. The summed E-state index contributed by atoms with van der Waals surface area (Å²) in [5.74, 6) is -1.19. The van der Waals surface area contributed by atoms with Gasteiger partial charge in [-0.05, 0) is 12.1 Å². The quantitative estimate of drug-likeness (QED) is 0.588. The molecule has 6 heteroatoms. The standard InChI is InChI=1S/C12H16N2O4/c1-7(11(14)15)6-18-10-5-8(13)3-4-9(10)12(16)17-2/h3-5,7H,6,13H2,1-2H3,(H2,14,15). The molecule has 0 heterocycles. The van der Waals surface area contributed by atoms with E-state index in [0.29, 0.717) is 5.69 Å². The number of methoxy groups -OCH3 is 1. The number of carbonyl (C=O) groups is 2. The van der Waals surface area contributed by atoms with Gasteiger partial charge in [0, 0.05) is 11.8 Å². The number of esters is 1. The number of ether oxygens (including phenoxy) is 2. The summed E-state index contributed by atoms with van der Waals surface area (Å²) in [6, 6.07) is 4.57. The van der Waals surface area contributed by atoms with Gasteiger partial charge in [0.05, 0.1) is 19.6 Å². The van der Waals surface area contributed by atoms with Gasteiger partial charge in [-0.25, -0.2) is 4.79 Å². The number of nitrogens with two attached hydrogens (primary N) is 2. The topological polar surface area (TPSA) is 105 Å². The fourth-order valence-corrected chi connectivity index (χ4v) is 1.23. The third kappa shape index (κ3) is 3.38. The molecule has 0 aliphatic heterocycles. The number of hydrogen-bond donors (Lipinski definition) is 2. The van der Waals surface area contributed by atoms with E-state index in [1.165, 1.54) is 19.2 Å².